The molecule has 1 heterocycles. The van der Waals surface area contributed by atoms with Crippen LogP contribution in [0.4, 0.5) is 14.5 Å². The highest BCUT2D eigenvalue weighted by molar-refractivity contribution is 6.76. The van der Waals surface area contributed by atoms with E-state index in [0.29, 0.717) is 29.1 Å². The van der Waals surface area contributed by atoms with Crippen LogP contribution in [0.1, 0.15) is 18.9 Å². The molecule has 0 saturated carbocycles. The van der Waals surface area contributed by atoms with Crippen LogP contribution in [0.3, 0.4) is 0 Å². The van der Waals surface area contributed by atoms with Crippen molar-refractivity contribution in [3.05, 3.63) is 39.9 Å². The van der Waals surface area contributed by atoms with E-state index < -0.39 is 11.6 Å². The Bertz CT molecular complexity index is 536. The van der Waals surface area contributed by atoms with E-state index in [1.807, 2.05) is 6.92 Å². The normalized spacial score (nSPS) is 16.2. The molecule has 0 N–H and O–H groups in total. The fourth-order valence-corrected chi connectivity index (χ4v) is 2.03. The molecule has 1 aromatic rings. The van der Waals surface area contributed by atoms with Crippen LogP contribution in [-0.4, -0.2) is 5.17 Å². The van der Waals surface area contributed by atoms with Crippen molar-refractivity contribution in [2.45, 2.75) is 19.8 Å². The summed E-state index contributed by atoms with van der Waals surface area (Å²) in [6, 6.07) is 2.20. The second-order valence-corrected chi connectivity index (χ2v) is 4.63. The lowest BCUT2D eigenvalue weighted by Gasteiger charge is -2.12. The Balaban J connectivity index is 2.58. The van der Waals surface area contributed by atoms with Gasteiger partial charge in [0.1, 0.15) is 5.17 Å². The Morgan fingerprint density at radius 2 is 1.76 bits per heavy atom. The topological polar surface area (TPSA) is 12.4 Å². The molecule has 0 saturated heterocycles. The molecule has 1 nitrogen and oxygen atoms in total. The lowest BCUT2D eigenvalue weighted by Crippen LogP contribution is -2.00. The van der Waals surface area contributed by atoms with Crippen molar-refractivity contribution in [1.29, 1.82) is 0 Å². The molecule has 1 aliphatic rings. The molecule has 17 heavy (non-hydrogen) atoms. The summed E-state index contributed by atoms with van der Waals surface area (Å²) in [6.45, 7) is 1.84. The van der Waals surface area contributed by atoms with E-state index in [9.17, 15) is 8.78 Å². The number of nitrogens with zero attached hydrogens (tertiary/aromatic N) is 1. The van der Waals surface area contributed by atoms with Gasteiger partial charge in [-0.3, -0.25) is 0 Å². The van der Waals surface area contributed by atoms with Gasteiger partial charge in [0.15, 0.2) is 11.6 Å². The summed E-state index contributed by atoms with van der Waals surface area (Å²) in [7, 11) is 0. The van der Waals surface area contributed by atoms with Crippen LogP contribution in [0.5, 0.6) is 0 Å². The molecule has 0 atom stereocenters. The van der Waals surface area contributed by atoms with E-state index in [4.69, 9.17) is 23.2 Å². The average molecular weight is 276 g/mol. The number of halogens is 4. The molecular formula is C12H9Cl2F2N. The predicted molar refractivity (Wildman–Crippen MR) is 66.2 cm³/mol. The Kier molecular flexibility index (Phi) is 3.50. The van der Waals surface area contributed by atoms with Gasteiger partial charge in [0.05, 0.1) is 10.7 Å². The number of rotatable bonds is 0. The van der Waals surface area contributed by atoms with E-state index in [1.54, 1.807) is 0 Å². The Morgan fingerprint density at radius 1 is 1.12 bits per heavy atom. The average Bonchev–Trinajstić information content (AvgIpc) is 2.29. The molecule has 0 unspecified atom stereocenters. The molecular weight excluding hydrogens is 267 g/mol. The lowest BCUT2D eigenvalue weighted by atomic mass is 10.0. The Hall–Kier alpha value is -0.930. The largest absolute Gasteiger partial charge is 0.235 e. The molecule has 0 bridgehead atoms. The molecule has 0 radical (unpaired) electrons. The van der Waals surface area contributed by atoms with Crippen molar-refractivity contribution in [3.63, 3.8) is 0 Å². The SMILES string of the molecule is CC1=C(Cl)C(Cl)=Nc2cc(F)c(F)cc2CC1. The molecule has 90 valence electrons. The zero-order valence-electron chi connectivity index (χ0n) is 9.03. The maximum Gasteiger partial charge on any atom is 0.160 e. The van der Waals surface area contributed by atoms with Gasteiger partial charge < -0.3 is 0 Å². The van der Waals surface area contributed by atoms with Gasteiger partial charge >= 0.3 is 0 Å². The zero-order chi connectivity index (χ0) is 12.6. The molecule has 1 aromatic carbocycles. The van der Waals surface area contributed by atoms with Gasteiger partial charge in [-0.05, 0) is 31.4 Å². The summed E-state index contributed by atoms with van der Waals surface area (Å²) >= 11 is 11.9. The highest BCUT2D eigenvalue weighted by Crippen LogP contribution is 2.30. The van der Waals surface area contributed by atoms with E-state index in [-0.39, 0.29) is 5.17 Å². The smallest absolute Gasteiger partial charge is 0.160 e. The third-order valence-electron chi connectivity index (χ3n) is 2.67. The quantitative estimate of drug-likeness (QED) is 0.651. The number of benzene rings is 1. The van der Waals surface area contributed by atoms with Crippen molar-refractivity contribution >= 4 is 34.1 Å². The molecule has 0 spiro atoms. The maximum absolute atomic E-state index is 13.1. The van der Waals surface area contributed by atoms with Gasteiger partial charge in [-0.25, -0.2) is 13.8 Å². The van der Waals surface area contributed by atoms with E-state index in [2.05, 4.69) is 4.99 Å². The molecule has 1 aliphatic heterocycles. The summed E-state index contributed by atoms with van der Waals surface area (Å²) in [6.07, 6.45) is 1.20. The van der Waals surface area contributed by atoms with E-state index in [1.165, 1.54) is 0 Å². The van der Waals surface area contributed by atoms with Crippen LogP contribution in [0.2, 0.25) is 0 Å². The first-order valence-electron chi connectivity index (χ1n) is 5.06. The number of allylic oxidation sites excluding steroid dienone is 2. The third kappa shape index (κ3) is 2.50. The molecule has 0 aromatic heterocycles. The van der Waals surface area contributed by atoms with Gasteiger partial charge in [-0.15, -0.1) is 0 Å². The van der Waals surface area contributed by atoms with Gasteiger partial charge in [-0.2, -0.15) is 0 Å². The minimum absolute atomic E-state index is 0.108. The number of fused-ring (bicyclic) bond motifs is 1. The van der Waals surface area contributed by atoms with Crippen LogP contribution >= 0.6 is 23.2 Å². The van der Waals surface area contributed by atoms with Crippen molar-refractivity contribution in [3.8, 4) is 0 Å². The third-order valence-corrected chi connectivity index (χ3v) is 3.54. The summed E-state index contributed by atoms with van der Waals surface area (Å²) in [5.74, 6) is -1.81. The van der Waals surface area contributed by atoms with Gasteiger partial charge in [-0.1, -0.05) is 28.8 Å². The highest BCUT2D eigenvalue weighted by atomic mass is 35.5. The molecule has 2 rings (SSSR count). The van der Waals surface area contributed by atoms with Crippen molar-refractivity contribution in [2.24, 2.45) is 4.99 Å². The second kappa shape index (κ2) is 4.75. The van der Waals surface area contributed by atoms with Crippen LogP contribution in [-0.2, 0) is 6.42 Å². The summed E-state index contributed by atoms with van der Waals surface area (Å²) < 4.78 is 26.2. The molecule has 0 fully saturated rings. The molecule has 0 amide bonds. The minimum Gasteiger partial charge on any atom is -0.235 e. The van der Waals surface area contributed by atoms with Crippen LogP contribution in [0.25, 0.3) is 0 Å². The minimum atomic E-state index is -0.936. The fourth-order valence-electron chi connectivity index (χ4n) is 1.64. The van der Waals surface area contributed by atoms with Crippen molar-refractivity contribution < 1.29 is 8.78 Å². The number of aryl methyl sites for hydroxylation is 1. The van der Waals surface area contributed by atoms with Gasteiger partial charge in [0, 0.05) is 6.07 Å². The van der Waals surface area contributed by atoms with Crippen LogP contribution in [0, 0.1) is 11.6 Å². The highest BCUT2D eigenvalue weighted by Gasteiger charge is 2.15. The lowest BCUT2D eigenvalue weighted by molar-refractivity contribution is 0.507. The zero-order valence-corrected chi connectivity index (χ0v) is 10.5. The van der Waals surface area contributed by atoms with Gasteiger partial charge in [0.2, 0.25) is 0 Å². The first-order chi connectivity index (χ1) is 7.99. The number of hydrogen-bond donors (Lipinski definition) is 0. The summed E-state index contributed by atoms with van der Waals surface area (Å²) in [5.41, 5.74) is 1.85. The van der Waals surface area contributed by atoms with Crippen LogP contribution < -0.4 is 0 Å². The standard InChI is InChI=1S/C12H9Cl2F2N/c1-6-2-3-7-4-8(15)9(16)5-10(7)17-12(14)11(6)13/h4-5H,2-3H2,1H3. The number of hydrogen-bond acceptors (Lipinski definition) is 1. The fraction of sp³-hybridized carbons (Fsp3) is 0.250. The Morgan fingerprint density at radius 3 is 2.47 bits per heavy atom. The van der Waals surface area contributed by atoms with Crippen molar-refractivity contribution in [2.75, 3.05) is 0 Å². The van der Waals surface area contributed by atoms with E-state index in [0.717, 1.165) is 17.7 Å². The van der Waals surface area contributed by atoms with E-state index >= 15 is 0 Å². The number of aliphatic imine (C=N–C) groups is 1. The van der Waals surface area contributed by atoms with Gasteiger partial charge in [0.25, 0.3) is 0 Å². The second-order valence-electron chi connectivity index (χ2n) is 3.89. The maximum atomic E-state index is 13.1. The molecule has 0 aliphatic carbocycles. The monoisotopic (exact) mass is 275 g/mol. The summed E-state index contributed by atoms with van der Waals surface area (Å²) in [4.78, 5) is 4.02. The summed E-state index contributed by atoms with van der Waals surface area (Å²) in [5, 5.41) is 0.484. The van der Waals surface area contributed by atoms with Crippen molar-refractivity contribution in [1.82, 2.24) is 0 Å². The predicted octanol–water partition coefficient (Wildman–Crippen LogP) is 4.69. The first kappa shape index (κ1) is 12.5. The molecule has 5 heteroatoms. The first-order valence-corrected chi connectivity index (χ1v) is 5.82. The van der Waals surface area contributed by atoms with Crippen LogP contribution in [0.15, 0.2) is 27.7 Å². The Labute approximate surface area is 108 Å².